The molecule has 0 aromatic carbocycles. The number of nitrogens with one attached hydrogen (secondary N) is 1. The van der Waals surface area contributed by atoms with E-state index in [0.29, 0.717) is 6.42 Å². The molecule has 4 nitrogen and oxygen atoms in total. The maximum absolute atomic E-state index is 11.9. The maximum Gasteiger partial charge on any atom is 0.242 e. The van der Waals surface area contributed by atoms with E-state index in [9.17, 15) is 4.79 Å². The Morgan fingerprint density at radius 3 is 2.50 bits per heavy atom. The molecule has 0 fully saturated rings. The maximum atomic E-state index is 11.9. The molecule has 0 aliphatic rings. The number of amides is 1. The van der Waals surface area contributed by atoms with Crippen molar-refractivity contribution in [3.63, 3.8) is 0 Å². The summed E-state index contributed by atoms with van der Waals surface area (Å²) in [4.78, 5) is 13.5. The van der Waals surface area contributed by atoms with Crippen molar-refractivity contribution in [2.75, 3.05) is 14.1 Å². The zero-order valence-corrected chi connectivity index (χ0v) is 9.59. The lowest BCUT2D eigenvalue weighted by atomic mass is 10.0. The summed E-state index contributed by atoms with van der Waals surface area (Å²) in [7, 11) is 3.48. The highest BCUT2D eigenvalue weighted by Crippen LogP contribution is 2.10. The Bertz CT molecular complexity index is 242. The third-order valence-corrected chi connectivity index (χ3v) is 2.53. The van der Waals surface area contributed by atoms with Crippen LogP contribution in [0.4, 0.5) is 0 Å². The largest absolute Gasteiger partial charge is 0.340 e. The highest BCUT2D eigenvalue weighted by atomic mass is 16.2. The van der Waals surface area contributed by atoms with Gasteiger partial charge in [0.2, 0.25) is 5.91 Å². The predicted molar refractivity (Wildman–Crippen MR) is 55.6 cm³/mol. The minimum atomic E-state index is -0.571. The van der Waals surface area contributed by atoms with Crippen LogP contribution >= 0.6 is 0 Å². The lowest BCUT2D eigenvalue weighted by molar-refractivity contribution is -0.137. The lowest BCUT2D eigenvalue weighted by Gasteiger charge is -2.32. The molecule has 1 atom stereocenters. The molecule has 4 heteroatoms. The van der Waals surface area contributed by atoms with Gasteiger partial charge in [-0.05, 0) is 27.8 Å². The molecule has 0 heterocycles. The Hall–Kier alpha value is -1.08. The number of nitriles is 1. The van der Waals surface area contributed by atoms with Crippen LogP contribution < -0.4 is 5.32 Å². The summed E-state index contributed by atoms with van der Waals surface area (Å²) in [6.07, 6.45) is 0.363. The quantitative estimate of drug-likeness (QED) is 0.723. The number of hydrogen-bond donors (Lipinski definition) is 1. The number of carbonyl (C=O) groups is 1. The van der Waals surface area contributed by atoms with Crippen molar-refractivity contribution in [2.45, 2.75) is 38.8 Å². The molecule has 0 spiro atoms. The van der Waals surface area contributed by atoms with Gasteiger partial charge in [0.05, 0.1) is 18.0 Å². The standard InChI is InChI=1S/C10H19N3O/c1-8(6-7-11)13(5)9(14)10(2,3)12-4/h8,12H,6H2,1-5H3. The van der Waals surface area contributed by atoms with Gasteiger partial charge in [-0.1, -0.05) is 0 Å². The van der Waals surface area contributed by atoms with Crippen LogP contribution in [0.2, 0.25) is 0 Å². The van der Waals surface area contributed by atoms with E-state index in [1.54, 1.807) is 19.0 Å². The second-order valence-electron chi connectivity index (χ2n) is 4.00. The number of rotatable bonds is 4. The molecule has 0 saturated carbocycles. The summed E-state index contributed by atoms with van der Waals surface area (Å²) in [6, 6.07) is 2.02. The van der Waals surface area contributed by atoms with Crippen LogP contribution in [-0.2, 0) is 4.79 Å². The van der Waals surface area contributed by atoms with Crippen LogP contribution in [0.25, 0.3) is 0 Å². The SMILES string of the molecule is CNC(C)(C)C(=O)N(C)C(C)CC#N. The van der Waals surface area contributed by atoms with Crippen LogP contribution in [0.3, 0.4) is 0 Å². The van der Waals surface area contributed by atoms with Gasteiger partial charge in [0, 0.05) is 13.1 Å². The topological polar surface area (TPSA) is 56.1 Å². The number of nitrogens with zero attached hydrogens (tertiary/aromatic N) is 2. The molecule has 1 amide bonds. The summed E-state index contributed by atoms with van der Waals surface area (Å²) < 4.78 is 0. The van der Waals surface area contributed by atoms with Crippen LogP contribution in [0.15, 0.2) is 0 Å². The average molecular weight is 197 g/mol. The van der Waals surface area contributed by atoms with Crippen molar-refractivity contribution in [3.05, 3.63) is 0 Å². The van der Waals surface area contributed by atoms with E-state index in [1.807, 2.05) is 20.8 Å². The van der Waals surface area contributed by atoms with E-state index in [4.69, 9.17) is 5.26 Å². The molecule has 0 aromatic rings. The van der Waals surface area contributed by atoms with Crippen molar-refractivity contribution in [1.29, 1.82) is 5.26 Å². The molecule has 0 aliphatic carbocycles. The van der Waals surface area contributed by atoms with Gasteiger partial charge in [-0.3, -0.25) is 4.79 Å². The van der Waals surface area contributed by atoms with Gasteiger partial charge < -0.3 is 10.2 Å². The normalized spacial score (nSPS) is 13.1. The first-order valence-corrected chi connectivity index (χ1v) is 4.70. The molecule has 0 rings (SSSR count). The Balaban J connectivity index is 4.48. The molecule has 0 saturated heterocycles. The van der Waals surface area contributed by atoms with Gasteiger partial charge >= 0.3 is 0 Å². The van der Waals surface area contributed by atoms with Crippen LogP contribution in [-0.4, -0.2) is 36.5 Å². The Kier molecular flexibility index (Phi) is 4.58. The summed E-state index contributed by atoms with van der Waals surface area (Å²) in [6.45, 7) is 5.52. The second kappa shape index (κ2) is 4.97. The van der Waals surface area contributed by atoms with Crippen molar-refractivity contribution >= 4 is 5.91 Å². The monoisotopic (exact) mass is 197 g/mol. The van der Waals surface area contributed by atoms with Gasteiger partial charge in [0.25, 0.3) is 0 Å². The smallest absolute Gasteiger partial charge is 0.242 e. The Morgan fingerprint density at radius 1 is 1.64 bits per heavy atom. The molecule has 0 bridgehead atoms. The average Bonchev–Trinajstić information content (AvgIpc) is 2.15. The lowest BCUT2D eigenvalue weighted by Crippen LogP contribution is -2.53. The zero-order chi connectivity index (χ0) is 11.4. The van der Waals surface area contributed by atoms with Crippen molar-refractivity contribution in [3.8, 4) is 6.07 Å². The summed E-state index contributed by atoms with van der Waals surface area (Å²) in [5, 5.41) is 11.5. The molecule has 0 radical (unpaired) electrons. The zero-order valence-electron chi connectivity index (χ0n) is 9.59. The molecule has 0 aliphatic heterocycles. The fourth-order valence-corrected chi connectivity index (χ4v) is 1.02. The summed E-state index contributed by atoms with van der Waals surface area (Å²) >= 11 is 0. The number of likely N-dealkylation sites (N-methyl/N-ethyl adjacent to an activating group) is 2. The van der Waals surface area contributed by atoms with Crippen LogP contribution in [0, 0.1) is 11.3 Å². The van der Waals surface area contributed by atoms with Crippen molar-refractivity contribution < 1.29 is 4.79 Å². The third kappa shape index (κ3) is 3.00. The fraction of sp³-hybridized carbons (Fsp3) is 0.800. The summed E-state index contributed by atoms with van der Waals surface area (Å²) in [5.74, 6) is 0.00255. The molecular formula is C10H19N3O. The number of carbonyl (C=O) groups excluding carboxylic acids is 1. The Morgan fingerprint density at radius 2 is 2.14 bits per heavy atom. The van der Waals surface area contributed by atoms with E-state index in [0.717, 1.165) is 0 Å². The predicted octanol–water partition coefficient (Wildman–Crippen LogP) is 0.745. The van der Waals surface area contributed by atoms with Gasteiger partial charge in [-0.2, -0.15) is 5.26 Å². The minimum absolute atomic E-state index is 0.00255. The molecule has 80 valence electrons. The van der Waals surface area contributed by atoms with Gasteiger partial charge in [-0.25, -0.2) is 0 Å². The fourth-order valence-electron chi connectivity index (χ4n) is 1.02. The minimum Gasteiger partial charge on any atom is -0.340 e. The Labute approximate surface area is 85.9 Å². The molecule has 1 N–H and O–H groups in total. The van der Waals surface area contributed by atoms with E-state index in [2.05, 4.69) is 11.4 Å². The van der Waals surface area contributed by atoms with Gasteiger partial charge in [0.1, 0.15) is 0 Å². The van der Waals surface area contributed by atoms with Gasteiger partial charge in [-0.15, -0.1) is 0 Å². The van der Waals surface area contributed by atoms with Crippen LogP contribution in [0.5, 0.6) is 0 Å². The first-order valence-electron chi connectivity index (χ1n) is 4.70. The summed E-state index contributed by atoms with van der Waals surface area (Å²) in [5.41, 5.74) is -0.571. The van der Waals surface area contributed by atoms with Crippen LogP contribution in [0.1, 0.15) is 27.2 Å². The third-order valence-electron chi connectivity index (χ3n) is 2.53. The first kappa shape index (κ1) is 12.9. The van der Waals surface area contributed by atoms with E-state index in [-0.39, 0.29) is 11.9 Å². The molecule has 14 heavy (non-hydrogen) atoms. The van der Waals surface area contributed by atoms with E-state index >= 15 is 0 Å². The molecule has 1 unspecified atom stereocenters. The van der Waals surface area contributed by atoms with E-state index < -0.39 is 5.54 Å². The molecule has 0 aromatic heterocycles. The second-order valence-corrected chi connectivity index (χ2v) is 4.00. The van der Waals surface area contributed by atoms with Crippen molar-refractivity contribution in [1.82, 2.24) is 10.2 Å². The molecular weight excluding hydrogens is 178 g/mol. The number of hydrogen-bond acceptors (Lipinski definition) is 3. The van der Waals surface area contributed by atoms with Gasteiger partial charge in [0.15, 0.2) is 0 Å². The van der Waals surface area contributed by atoms with E-state index in [1.165, 1.54) is 0 Å². The first-order chi connectivity index (χ1) is 6.36. The highest BCUT2D eigenvalue weighted by molar-refractivity contribution is 5.85. The van der Waals surface area contributed by atoms with Crippen molar-refractivity contribution in [2.24, 2.45) is 0 Å². The highest BCUT2D eigenvalue weighted by Gasteiger charge is 2.30.